The van der Waals surface area contributed by atoms with Crippen molar-refractivity contribution in [3.63, 3.8) is 0 Å². The number of carbonyl (C=O) groups excluding carboxylic acids is 2. The van der Waals surface area contributed by atoms with Crippen molar-refractivity contribution in [3.05, 3.63) is 58.1 Å². The lowest BCUT2D eigenvalue weighted by atomic mass is 10.1. The average molecular weight is 443 g/mol. The molecule has 0 aliphatic carbocycles. The van der Waals surface area contributed by atoms with Gasteiger partial charge in [-0.2, -0.15) is 0 Å². The first-order valence-electron chi connectivity index (χ1n) is 10.5. The van der Waals surface area contributed by atoms with E-state index >= 15 is 0 Å². The van der Waals surface area contributed by atoms with Crippen LogP contribution >= 0.6 is 11.6 Å². The fourth-order valence-corrected chi connectivity index (χ4v) is 4.39. The lowest BCUT2D eigenvalue weighted by Crippen LogP contribution is -2.48. The van der Waals surface area contributed by atoms with Gasteiger partial charge in [0.15, 0.2) is 0 Å². The second-order valence-corrected chi connectivity index (χ2v) is 8.35. The standard InChI is InChI=1S/C23H27ClN4O3/c1-16-13-17(3-5-20(16)28-8-7-25-23(28)30)22(29)27-11-9-26(10-12-27)15-18-14-19(24)4-6-21(18)31-2/h3-6,13-14H,7-12,15H2,1-2H3,(H,25,30). The van der Waals surface area contributed by atoms with Crippen LogP contribution in [0.25, 0.3) is 0 Å². The molecule has 2 saturated heterocycles. The monoisotopic (exact) mass is 442 g/mol. The number of ether oxygens (including phenoxy) is 1. The first-order valence-corrected chi connectivity index (χ1v) is 10.8. The molecule has 0 bridgehead atoms. The zero-order valence-electron chi connectivity index (χ0n) is 17.9. The summed E-state index contributed by atoms with van der Waals surface area (Å²) in [5.41, 5.74) is 3.49. The van der Waals surface area contributed by atoms with Crippen LogP contribution in [0.2, 0.25) is 5.02 Å². The molecular formula is C23H27ClN4O3. The number of halogens is 1. The molecule has 2 aliphatic heterocycles. The van der Waals surface area contributed by atoms with Gasteiger partial charge in [-0.15, -0.1) is 0 Å². The zero-order chi connectivity index (χ0) is 22.0. The van der Waals surface area contributed by atoms with Gasteiger partial charge in [-0.3, -0.25) is 14.6 Å². The summed E-state index contributed by atoms with van der Waals surface area (Å²) in [6.07, 6.45) is 0. The molecule has 0 unspecified atom stereocenters. The first kappa shape index (κ1) is 21.5. The maximum absolute atomic E-state index is 13.0. The lowest BCUT2D eigenvalue weighted by molar-refractivity contribution is 0.0627. The minimum atomic E-state index is -0.0883. The molecule has 0 saturated carbocycles. The molecule has 2 aromatic rings. The van der Waals surface area contributed by atoms with Gasteiger partial charge >= 0.3 is 6.03 Å². The summed E-state index contributed by atoms with van der Waals surface area (Å²) in [5.74, 6) is 0.852. The van der Waals surface area contributed by atoms with Crippen LogP contribution in [-0.2, 0) is 6.54 Å². The van der Waals surface area contributed by atoms with Crippen molar-refractivity contribution in [1.82, 2.24) is 15.1 Å². The molecule has 0 spiro atoms. The maximum Gasteiger partial charge on any atom is 0.322 e. The van der Waals surface area contributed by atoms with Crippen molar-refractivity contribution >= 4 is 29.2 Å². The van der Waals surface area contributed by atoms with Crippen LogP contribution in [0.15, 0.2) is 36.4 Å². The predicted molar refractivity (Wildman–Crippen MR) is 121 cm³/mol. The molecule has 8 heteroatoms. The molecule has 0 atom stereocenters. The molecule has 2 heterocycles. The Labute approximate surface area is 187 Å². The number of nitrogens with one attached hydrogen (secondary N) is 1. The van der Waals surface area contributed by atoms with Crippen LogP contribution < -0.4 is 15.0 Å². The third-order valence-corrected chi connectivity index (χ3v) is 6.12. The van der Waals surface area contributed by atoms with Crippen LogP contribution in [0.5, 0.6) is 5.75 Å². The number of nitrogens with zero attached hydrogens (tertiary/aromatic N) is 3. The van der Waals surface area contributed by atoms with E-state index < -0.39 is 0 Å². The van der Waals surface area contributed by atoms with Crippen LogP contribution in [0, 0.1) is 6.92 Å². The van der Waals surface area contributed by atoms with Gasteiger partial charge in [-0.25, -0.2) is 4.79 Å². The Bertz CT molecular complexity index is 989. The number of piperazine rings is 1. The number of benzene rings is 2. The van der Waals surface area contributed by atoms with Crippen LogP contribution in [0.3, 0.4) is 0 Å². The number of urea groups is 1. The minimum Gasteiger partial charge on any atom is -0.496 e. The number of methoxy groups -OCH3 is 1. The summed E-state index contributed by atoms with van der Waals surface area (Å²) in [7, 11) is 1.66. The molecule has 3 amide bonds. The van der Waals surface area contributed by atoms with E-state index in [9.17, 15) is 9.59 Å². The Kier molecular flexibility index (Phi) is 6.34. The second kappa shape index (κ2) is 9.16. The third-order valence-electron chi connectivity index (χ3n) is 5.89. The Morgan fingerprint density at radius 2 is 1.87 bits per heavy atom. The molecule has 164 valence electrons. The van der Waals surface area contributed by atoms with Gasteiger partial charge in [0.25, 0.3) is 5.91 Å². The fourth-order valence-electron chi connectivity index (χ4n) is 4.20. The molecule has 2 fully saturated rings. The number of carbonyl (C=O) groups is 2. The second-order valence-electron chi connectivity index (χ2n) is 7.91. The summed E-state index contributed by atoms with van der Waals surface area (Å²) in [4.78, 5) is 30.9. The highest BCUT2D eigenvalue weighted by molar-refractivity contribution is 6.30. The quantitative estimate of drug-likeness (QED) is 0.772. The van der Waals surface area contributed by atoms with Crippen molar-refractivity contribution in [2.45, 2.75) is 13.5 Å². The SMILES string of the molecule is COc1ccc(Cl)cc1CN1CCN(C(=O)c2ccc(N3CCNC3=O)c(C)c2)CC1. The van der Waals surface area contributed by atoms with Crippen molar-refractivity contribution in [1.29, 1.82) is 0 Å². The van der Waals surface area contributed by atoms with Gasteiger partial charge < -0.3 is 15.0 Å². The molecule has 0 aromatic heterocycles. The minimum absolute atomic E-state index is 0.0282. The Morgan fingerprint density at radius 3 is 2.52 bits per heavy atom. The van der Waals surface area contributed by atoms with E-state index in [2.05, 4.69) is 10.2 Å². The lowest BCUT2D eigenvalue weighted by Gasteiger charge is -2.35. The highest BCUT2D eigenvalue weighted by atomic mass is 35.5. The molecule has 4 rings (SSSR count). The van der Waals surface area contributed by atoms with Crippen molar-refractivity contribution < 1.29 is 14.3 Å². The van der Waals surface area contributed by atoms with Crippen LogP contribution in [0.1, 0.15) is 21.5 Å². The molecule has 2 aliphatic rings. The topological polar surface area (TPSA) is 65.1 Å². The van der Waals surface area contributed by atoms with E-state index in [1.807, 2.05) is 48.2 Å². The molecule has 1 N–H and O–H groups in total. The Balaban J connectivity index is 1.38. The number of hydrogen-bond donors (Lipinski definition) is 1. The molecule has 0 radical (unpaired) electrons. The molecule has 2 aromatic carbocycles. The van der Waals surface area contributed by atoms with Crippen molar-refractivity contribution in [2.24, 2.45) is 0 Å². The van der Waals surface area contributed by atoms with E-state index in [1.165, 1.54) is 0 Å². The van der Waals surface area contributed by atoms with Crippen LogP contribution in [0.4, 0.5) is 10.5 Å². The summed E-state index contributed by atoms with van der Waals surface area (Å²) in [6.45, 7) is 6.86. The Hall–Kier alpha value is -2.77. The molecular weight excluding hydrogens is 416 g/mol. The number of anilines is 1. The smallest absolute Gasteiger partial charge is 0.322 e. The number of rotatable bonds is 5. The van der Waals surface area contributed by atoms with E-state index in [0.717, 1.165) is 42.2 Å². The first-order chi connectivity index (χ1) is 15.0. The summed E-state index contributed by atoms with van der Waals surface area (Å²) in [5, 5.41) is 3.50. The van der Waals surface area contributed by atoms with Crippen molar-refractivity contribution in [3.8, 4) is 5.75 Å². The Morgan fingerprint density at radius 1 is 1.10 bits per heavy atom. The van der Waals surface area contributed by atoms with Gasteiger partial charge in [-0.1, -0.05) is 11.6 Å². The van der Waals surface area contributed by atoms with Gasteiger partial charge in [0.1, 0.15) is 5.75 Å². The number of amides is 3. The fraction of sp³-hybridized carbons (Fsp3) is 0.391. The van der Waals surface area contributed by atoms with E-state index in [-0.39, 0.29) is 11.9 Å². The largest absolute Gasteiger partial charge is 0.496 e. The third kappa shape index (κ3) is 4.62. The number of aryl methyl sites for hydroxylation is 1. The average Bonchev–Trinajstić information content (AvgIpc) is 3.19. The highest BCUT2D eigenvalue weighted by Crippen LogP contribution is 2.26. The van der Waals surface area contributed by atoms with Gasteiger partial charge in [0.05, 0.1) is 7.11 Å². The van der Waals surface area contributed by atoms with Crippen molar-refractivity contribution in [2.75, 3.05) is 51.3 Å². The van der Waals surface area contributed by atoms with Gasteiger partial charge in [0.2, 0.25) is 0 Å². The summed E-state index contributed by atoms with van der Waals surface area (Å²) >= 11 is 6.15. The number of hydrogen-bond acceptors (Lipinski definition) is 4. The maximum atomic E-state index is 13.0. The summed E-state index contributed by atoms with van der Waals surface area (Å²) < 4.78 is 5.45. The van der Waals surface area contributed by atoms with E-state index in [4.69, 9.17) is 16.3 Å². The van der Waals surface area contributed by atoms with Gasteiger partial charge in [-0.05, 0) is 48.9 Å². The van der Waals surface area contributed by atoms with E-state index in [0.29, 0.717) is 36.8 Å². The summed E-state index contributed by atoms with van der Waals surface area (Å²) in [6, 6.07) is 11.1. The van der Waals surface area contributed by atoms with Crippen LogP contribution in [-0.4, -0.2) is 68.1 Å². The molecule has 7 nitrogen and oxygen atoms in total. The highest BCUT2D eigenvalue weighted by Gasteiger charge is 2.25. The van der Waals surface area contributed by atoms with E-state index in [1.54, 1.807) is 12.0 Å². The van der Waals surface area contributed by atoms with Gasteiger partial charge in [0, 0.05) is 67.7 Å². The molecule has 31 heavy (non-hydrogen) atoms. The zero-order valence-corrected chi connectivity index (χ0v) is 18.6. The normalized spacial score (nSPS) is 17.1. The predicted octanol–water partition coefficient (Wildman–Crippen LogP) is 3.14.